The van der Waals surface area contributed by atoms with Gasteiger partial charge in [-0.3, -0.25) is 0 Å². The lowest BCUT2D eigenvalue weighted by Gasteiger charge is -2.16. The Morgan fingerprint density at radius 3 is 2.74 bits per heavy atom. The Balaban J connectivity index is 1.63. The molecular weight excluding hydrogens is 232 g/mol. The molecule has 1 aromatic rings. The number of unbranched alkanes of at least 4 members (excludes halogenated alkanes) is 1. The first-order chi connectivity index (χ1) is 9.25. The van der Waals surface area contributed by atoms with E-state index in [4.69, 9.17) is 0 Å². The fraction of sp³-hybridized carbons (Fsp3) is 0.647. The number of nitrogens with zero attached hydrogens (tertiary/aromatic N) is 1. The Hall–Kier alpha value is -0.860. The Morgan fingerprint density at radius 2 is 2.00 bits per heavy atom. The first-order valence-electron chi connectivity index (χ1n) is 7.76. The Bertz CT molecular complexity index is 348. The molecule has 1 aliphatic heterocycles. The van der Waals surface area contributed by atoms with Crippen LogP contribution in [-0.4, -0.2) is 37.1 Å². The highest BCUT2D eigenvalue weighted by Gasteiger charge is 2.22. The minimum Gasteiger partial charge on any atom is -0.315 e. The molecule has 0 saturated carbocycles. The molecule has 2 heteroatoms. The Labute approximate surface area is 118 Å². The van der Waals surface area contributed by atoms with Gasteiger partial charge in [0, 0.05) is 12.6 Å². The van der Waals surface area contributed by atoms with Crippen LogP contribution in [0.5, 0.6) is 0 Å². The molecule has 1 heterocycles. The molecule has 0 aliphatic carbocycles. The van der Waals surface area contributed by atoms with Crippen LogP contribution in [-0.2, 0) is 0 Å². The lowest BCUT2D eigenvalue weighted by atomic mass is 9.99. The third kappa shape index (κ3) is 4.96. The zero-order valence-electron chi connectivity index (χ0n) is 12.4. The first-order valence-corrected chi connectivity index (χ1v) is 7.76. The molecule has 2 nitrogen and oxygen atoms in total. The van der Waals surface area contributed by atoms with E-state index in [-0.39, 0.29) is 0 Å². The van der Waals surface area contributed by atoms with Crippen molar-refractivity contribution < 1.29 is 0 Å². The van der Waals surface area contributed by atoms with E-state index in [0.717, 1.165) is 12.5 Å². The molecular formula is C17H28N2. The molecule has 1 aliphatic rings. The second-order valence-electron chi connectivity index (χ2n) is 6.01. The van der Waals surface area contributed by atoms with Crippen LogP contribution in [0.4, 0.5) is 0 Å². The smallest absolute Gasteiger partial charge is 0.00507 e. The molecule has 0 amide bonds. The van der Waals surface area contributed by atoms with Crippen LogP contribution in [0.2, 0.25) is 0 Å². The van der Waals surface area contributed by atoms with Gasteiger partial charge in [0.25, 0.3) is 0 Å². The summed E-state index contributed by atoms with van der Waals surface area (Å²) in [6.45, 7) is 9.38. The van der Waals surface area contributed by atoms with Gasteiger partial charge in [-0.15, -0.1) is 0 Å². The second-order valence-corrected chi connectivity index (χ2v) is 6.01. The van der Waals surface area contributed by atoms with Gasteiger partial charge in [0.2, 0.25) is 0 Å². The van der Waals surface area contributed by atoms with Crippen molar-refractivity contribution in [3.05, 3.63) is 35.9 Å². The van der Waals surface area contributed by atoms with E-state index in [1.165, 1.54) is 44.5 Å². The monoisotopic (exact) mass is 260 g/mol. The quantitative estimate of drug-likeness (QED) is 0.757. The average Bonchev–Trinajstić information content (AvgIpc) is 2.88. The fourth-order valence-electron chi connectivity index (χ4n) is 2.88. The summed E-state index contributed by atoms with van der Waals surface area (Å²) in [5.74, 6) is 0.759. The van der Waals surface area contributed by atoms with E-state index in [9.17, 15) is 0 Å². The predicted octanol–water partition coefficient (Wildman–Crippen LogP) is 3.25. The van der Waals surface area contributed by atoms with Crippen LogP contribution >= 0.6 is 0 Å². The van der Waals surface area contributed by atoms with Gasteiger partial charge in [-0.1, -0.05) is 44.2 Å². The van der Waals surface area contributed by atoms with E-state index in [2.05, 4.69) is 54.4 Å². The maximum Gasteiger partial charge on any atom is 0.00507 e. The van der Waals surface area contributed by atoms with E-state index in [0.29, 0.717) is 6.04 Å². The summed E-state index contributed by atoms with van der Waals surface area (Å²) >= 11 is 0. The van der Waals surface area contributed by atoms with Crippen LogP contribution in [0.15, 0.2) is 30.3 Å². The zero-order valence-corrected chi connectivity index (χ0v) is 12.4. The normalized spacial score (nSPS) is 20.3. The zero-order chi connectivity index (χ0) is 13.5. The van der Waals surface area contributed by atoms with Crippen molar-refractivity contribution >= 4 is 0 Å². The predicted molar refractivity (Wildman–Crippen MR) is 82.6 cm³/mol. The van der Waals surface area contributed by atoms with Crippen molar-refractivity contribution in [1.82, 2.24) is 10.2 Å². The summed E-state index contributed by atoms with van der Waals surface area (Å²) in [6, 6.07) is 11.6. The molecule has 2 rings (SSSR count). The van der Waals surface area contributed by atoms with Crippen LogP contribution in [0.3, 0.4) is 0 Å². The number of likely N-dealkylation sites (tertiary alicyclic amines) is 1. The molecule has 1 unspecified atom stereocenters. The SMILES string of the molecule is CC(C)NCCCCN1CCC(c2ccccc2)C1. The Kier molecular flexibility index (Phi) is 5.87. The molecule has 0 radical (unpaired) electrons. The maximum absolute atomic E-state index is 3.49. The summed E-state index contributed by atoms with van der Waals surface area (Å²) in [5, 5.41) is 3.49. The molecule has 0 aromatic heterocycles. The molecule has 106 valence electrons. The molecule has 1 N–H and O–H groups in total. The Morgan fingerprint density at radius 1 is 1.21 bits per heavy atom. The third-order valence-corrected chi connectivity index (χ3v) is 4.00. The number of rotatable bonds is 7. The van der Waals surface area contributed by atoms with Crippen LogP contribution < -0.4 is 5.32 Å². The highest BCUT2D eigenvalue weighted by atomic mass is 15.1. The highest BCUT2D eigenvalue weighted by Crippen LogP contribution is 2.26. The van der Waals surface area contributed by atoms with E-state index >= 15 is 0 Å². The summed E-state index contributed by atoms with van der Waals surface area (Å²) < 4.78 is 0. The average molecular weight is 260 g/mol. The summed E-state index contributed by atoms with van der Waals surface area (Å²) in [7, 11) is 0. The molecule has 19 heavy (non-hydrogen) atoms. The van der Waals surface area contributed by atoms with Crippen molar-refractivity contribution in [2.75, 3.05) is 26.2 Å². The summed E-state index contributed by atoms with van der Waals surface area (Å²) in [4.78, 5) is 2.63. The van der Waals surface area contributed by atoms with Crippen molar-refractivity contribution in [3.63, 3.8) is 0 Å². The van der Waals surface area contributed by atoms with E-state index in [1.807, 2.05) is 0 Å². The van der Waals surface area contributed by atoms with Gasteiger partial charge in [-0.2, -0.15) is 0 Å². The summed E-state index contributed by atoms with van der Waals surface area (Å²) in [6.07, 6.45) is 3.94. The van der Waals surface area contributed by atoms with Gasteiger partial charge in [0.15, 0.2) is 0 Å². The standard InChI is InChI=1S/C17H28N2/c1-15(2)18-11-6-7-12-19-13-10-17(14-19)16-8-4-3-5-9-16/h3-5,8-9,15,17-18H,6-7,10-14H2,1-2H3. The highest BCUT2D eigenvalue weighted by molar-refractivity contribution is 5.20. The van der Waals surface area contributed by atoms with Crippen molar-refractivity contribution in [2.45, 2.75) is 45.1 Å². The van der Waals surface area contributed by atoms with Gasteiger partial charge < -0.3 is 10.2 Å². The molecule has 1 saturated heterocycles. The van der Waals surface area contributed by atoms with Gasteiger partial charge in [0.05, 0.1) is 0 Å². The maximum atomic E-state index is 3.49. The van der Waals surface area contributed by atoms with Gasteiger partial charge in [0.1, 0.15) is 0 Å². The van der Waals surface area contributed by atoms with Crippen LogP contribution in [0, 0.1) is 0 Å². The molecule has 1 atom stereocenters. The lowest BCUT2D eigenvalue weighted by Crippen LogP contribution is -2.26. The third-order valence-electron chi connectivity index (χ3n) is 4.00. The molecule has 1 aromatic carbocycles. The molecule has 0 spiro atoms. The van der Waals surface area contributed by atoms with Crippen molar-refractivity contribution in [2.24, 2.45) is 0 Å². The van der Waals surface area contributed by atoms with Crippen molar-refractivity contribution in [1.29, 1.82) is 0 Å². The first kappa shape index (κ1) is 14.5. The fourth-order valence-corrected chi connectivity index (χ4v) is 2.88. The van der Waals surface area contributed by atoms with Crippen LogP contribution in [0.25, 0.3) is 0 Å². The van der Waals surface area contributed by atoms with E-state index in [1.54, 1.807) is 0 Å². The lowest BCUT2D eigenvalue weighted by molar-refractivity contribution is 0.324. The summed E-state index contributed by atoms with van der Waals surface area (Å²) in [5.41, 5.74) is 1.52. The minimum absolute atomic E-state index is 0.620. The van der Waals surface area contributed by atoms with E-state index < -0.39 is 0 Å². The molecule has 0 bridgehead atoms. The minimum atomic E-state index is 0.620. The molecule has 1 fully saturated rings. The van der Waals surface area contributed by atoms with Crippen molar-refractivity contribution in [3.8, 4) is 0 Å². The topological polar surface area (TPSA) is 15.3 Å². The van der Waals surface area contributed by atoms with Crippen LogP contribution in [0.1, 0.15) is 44.6 Å². The number of benzene rings is 1. The largest absolute Gasteiger partial charge is 0.315 e. The number of nitrogens with one attached hydrogen (secondary N) is 1. The number of hydrogen-bond acceptors (Lipinski definition) is 2. The van der Waals surface area contributed by atoms with Gasteiger partial charge in [-0.25, -0.2) is 0 Å². The second kappa shape index (κ2) is 7.66. The van der Waals surface area contributed by atoms with Gasteiger partial charge in [-0.05, 0) is 50.4 Å². The number of hydrogen-bond donors (Lipinski definition) is 1. The van der Waals surface area contributed by atoms with Gasteiger partial charge >= 0.3 is 0 Å².